The predicted octanol–water partition coefficient (Wildman–Crippen LogP) is 3.31. The highest BCUT2D eigenvalue weighted by molar-refractivity contribution is 6.42. The van der Waals surface area contributed by atoms with E-state index in [0.717, 1.165) is 11.4 Å². The molecule has 2 rings (SSSR count). The van der Waals surface area contributed by atoms with Gasteiger partial charge >= 0.3 is 0 Å². The molecule has 1 aromatic carbocycles. The summed E-state index contributed by atoms with van der Waals surface area (Å²) >= 11 is 11.9. The summed E-state index contributed by atoms with van der Waals surface area (Å²) in [6.45, 7) is 0. The van der Waals surface area contributed by atoms with Crippen LogP contribution in [0.15, 0.2) is 30.6 Å². The van der Waals surface area contributed by atoms with Gasteiger partial charge in [-0.3, -0.25) is 0 Å². The zero-order chi connectivity index (χ0) is 9.97. The summed E-state index contributed by atoms with van der Waals surface area (Å²) in [7, 11) is 0. The van der Waals surface area contributed by atoms with Crippen LogP contribution in [-0.2, 0) is 6.42 Å². The van der Waals surface area contributed by atoms with Crippen molar-refractivity contribution in [3.63, 3.8) is 0 Å². The van der Waals surface area contributed by atoms with Crippen LogP contribution in [0, 0.1) is 0 Å². The van der Waals surface area contributed by atoms with E-state index in [9.17, 15) is 0 Å². The lowest BCUT2D eigenvalue weighted by atomic mass is 10.1. The normalized spacial score (nSPS) is 10.4. The van der Waals surface area contributed by atoms with Gasteiger partial charge in [0.15, 0.2) is 0 Å². The molecule has 14 heavy (non-hydrogen) atoms. The van der Waals surface area contributed by atoms with Crippen LogP contribution in [0.3, 0.4) is 0 Å². The van der Waals surface area contributed by atoms with Crippen molar-refractivity contribution in [1.82, 2.24) is 9.97 Å². The van der Waals surface area contributed by atoms with Crippen molar-refractivity contribution in [1.29, 1.82) is 0 Å². The predicted molar refractivity (Wildman–Crippen MR) is 57.9 cm³/mol. The number of benzene rings is 1. The Hall–Kier alpha value is -0.990. The summed E-state index contributed by atoms with van der Waals surface area (Å²) in [6.07, 6.45) is 4.17. The number of nitrogens with one attached hydrogen (secondary N) is 1. The van der Waals surface area contributed by atoms with E-state index in [1.165, 1.54) is 0 Å². The summed E-state index contributed by atoms with van der Waals surface area (Å²) in [6, 6.07) is 5.60. The summed E-state index contributed by atoms with van der Waals surface area (Å²) in [4.78, 5) is 7.14. The van der Waals surface area contributed by atoms with E-state index in [4.69, 9.17) is 23.2 Å². The molecule has 0 saturated heterocycles. The number of H-pyrrole nitrogens is 1. The Kier molecular flexibility index (Phi) is 2.75. The molecule has 0 atom stereocenters. The lowest BCUT2D eigenvalue weighted by Crippen LogP contribution is -1.91. The summed E-state index contributed by atoms with van der Waals surface area (Å²) in [5, 5.41) is 1.18. The van der Waals surface area contributed by atoms with Crippen molar-refractivity contribution < 1.29 is 0 Å². The third-order valence-corrected chi connectivity index (χ3v) is 2.80. The third kappa shape index (κ3) is 1.91. The molecular formula is C10H8Cl2N2. The Morgan fingerprint density at radius 2 is 2.14 bits per heavy atom. The van der Waals surface area contributed by atoms with Gasteiger partial charge in [0.05, 0.1) is 10.0 Å². The lowest BCUT2D eigenvalue weighted by Gasteiger charge is -2.03. The number of imidazole rings is 1. The number of rotatable bonds is 2. The number of aromatic nitrogens is 2. The van der Waals surface area contributed by atoms with Crippen molar-refractivity contribution in [3.8, 4) is 0 Å². The van der Waals surface area contributed by atoms with Crippen LogP contribution < -0.4 is 0 Å². The Labute approximate surface area is 91.9 Å². The second-order valence-corrected chi connectivity index (χ2v) is 3.71. The quantitative estimate of drug-likeness (QED) is 0.837. The molecule has 1 heterocycles. The highest BCUT2D eigenvalue weighted by Crippen LogP contribution is 2.26. The second kappa shape index (κ2) is 4.03. The fraction of sp³-hybridized carbons (Fsp3) is 0.100. The Balaban J connectivity index is 2.29. The van der Waals surface area contributed by atoms with Crippen molar-refractivity contribution in [2.45, 2.75) is 6.42 Å². The van der Waals surface area contributed by atoms with Gasteiger partial charge < -0.3 is 4.98 Å². The first-order valence-electron chi connectivity index (χ1n) is 4.18. The van der Waals surface area contributed by atoms with Crippen molar-refractivity contribution >= 4 is 23.2 Å². The average molecular weight is 227 g/mol. The number of hydrogen-bond acceptors (Lipinski definition) is 1. The Morgan fingerprint density at radius 1 is 1.29 bits per heavy atom. The van der Waals surface area contributed by atoms with Gasteiger partial charge in [-0.25, -0.2) is 4.98 Å². The molecule has 2 nitrogen and oxygen atoms in total. The molecule has 72 valence electrons. The highest BCUT2D eigenvalue weighted by Gasteiger charge is 2.05. The molecule has 0 fully saturated rings. The fourth-order valence-electron chi connectivity index (χ4n) is 1.26. The minimum Gasteiger partial charge on any atom is -0.348 e. The molecule has 0 aliphatic rings. The van der Waals surface area contributed by atoms with Gasteiger partial charge in [-0.2, -0.15) is 0 Å². The SMILES string of the molecule is Clc1cccc(Cc2ncc[nH]2)c1Cl. The largest absolute Gasteiger partial charge is 0.348 e. The van der Waals surface area contributed by atoms with Crippen LogP contribution >= 0.6 is 23.2 Å². The number of aromatic amines is 1. The van der Waals surface area contributed by atoms with Gasteiger partial charge in [0.25, 0.3) is 0 Å². The molecule has 1 N–H and O–H groups in total. The molecule has 2 aromatic rings. The smallest absolute Gasteiger partial charge is 0.110 e. The van der Waals surface area contributed by atoms with E-state index >= 15 is 0 Å². The molecule has 0 unspecified atom stereocenters. The number of halogens is 2. The van der Waals surface area contributed by atoms with Gasteiger partial charge in [0.1, 0.15) is 5.82 Å². The first kappa shape index (κ1) is 9.56. The van der Waals surface area contributed by atoms with E-state index in [-0.39, 0.29) is 0 Å². The number of nitrogens with zero attached hydrogens (tertiary/aromatic N) is 1. The molecule has 4 heteroatoms. The standard InChI is InChI=1S/C10H8Cl2N2/c11-8-3-1-2-7(10(8)12)6-9-13-4-5-14-9/h1-5H,6H2,(H,13,14). The van der Waals surface area contributed by atoms with Gasteiger partial charge in [-0.1, -0.05) is 35.3 Å². The maximum Gasteiger partial charge on any atom is 0.110 e. The molecule has 0 bridgehead atoms. The Morgan fingerprint density at radius 3 is 2.86 bits per heavy atom. The maximum absolute atomic E-state index is 6.04. The highest BCUT2D eigenvalue weighted by atomic mass is 35.5. The summed E-state index contributed by atoms with van der Waals surface area (Å²) in [5.74, 6) is 0.883. The zero-order valence-corrected chi connectivity index (χ0v) is 8.81. The molecule has 0 radical (unpaired) electrons. The van der Waals surface area contributed by atoms with Crippen LogP contribution in [0.1, 0.15) is 11.4 Å². The third-order valence-electron chi connectivity index (χ3n) is 1.94. The van der Waals surface area contributed by atoms with Crippen LogP contribution in [0.2, 0.25) is 10.0 Å². The molecule has 0 amide bonds. The number of hydrogen-bond donors (Lipinski definition) is 1. The summed E-state index contributed by atoms with van der Waals surface area (Å²) < 4.78 is 0. The first-order valence-corrected chi connectivity index (χ1v) is 4.94. The van der Waals surface area contributed by atoms with Crippen molar-refractivity contribution in [2.24, 2.45) is 0 Å². The molecule has 0 aliphatic carbocycles. The van der Waals surface area contributed by atoms with Gasteiger partial charge in [0.2, 0.25) is 0 Å². The van der Waals surface area contributed by atoms with E-state index < -0.39 is 0 Å². The minimum absolute atomic E-state index is 0.579. The average Bonchev–Trinajstić information content (AvgIpc) is 2.66. The first-order chi connectivity index (χ1) is 6.77. The van der Waals surface area contributed by atoms with Gasteiger partial charge in [0, 0.05) is 18.8 Å². The van der Waals surface area contributed by atoms with Crippen LogP contribution in [0.25, 0.3) is 0 Å². The molecule has 0 aliphatic heterocycles. The van der Waals surface area contributed by atoms with Gasteiger partial charge in [-0.15, -0.1) is 0 Å². The zero-order valence-electron chi connectivity index (χ0n) is 7.30. The second-order valence-electron chi connectivity index (χ2n) is 2.93. The van der Waals surface area contributed by atoms with Crippen LogP contribution in [0.5, 0.6) is 0 Å². The lowest BCUT2D eigenvalue weighted by molar-refractivity contribution is 1.03. The van der Waals surface area contributed by atoms with Crippen LogP contribution in [0.4, 0.5) is 0 Å². The maximum atomic E-state index is 6.04. The molecule has 1 aromatic heterocycles. The molecular weight excluding hydrogens is 219 g/mol. The van der Waals surface area contributed by atoms with E-state index in [1.54, 1.807) is 18.5 Å². The van der Waals surface area contributed by atoms with Gasteiger partial charge in [-0.05, 0) is 11.6 Å². The Bertz CT molecular complexity index is 424. The van der Waals surface area contributed by atoms with E-state index in [0.29, 0.717) is 16.5 Å². The minimum atomic E-state index is 0.579. The molecule has 0 spiro atoms. The topological polar surface area (TPSA) is 28.7 Å². The van der Waals surface area contributed by atoms with Crippen molar-refractivity contribution in [3.05, 3.63) is 52.0 Å². The van der Waals surface area contributed by atoms with Crippen LogP contribution in [-0.4, -0.2) is 9.97 Å². The van der Waals surface area contributed by atoms with Crippen molar-refractivity contribution in [2.75, 3.05) is 0 Å². The molecule has 0 saturated carbocycles. The summed E-state index contributed by atoms with van der Waals surface area (Å²) in [5.41, 5.74) is 0.981. The monoisotopic (exact) mass is 226 g/mol. The van der Waals surface area contributed by atoms with E-state index in [1.807, 2.05) is 12.1 Å². The fourth-order valence-corrected chi connectivity index (χ4v) is 1.65. The van der Waals surface area contributed by atoms with E-state index in [2.05, 4.69) is 9.97 Å².